The van der Waals surface area contributed by atoms with Crippen LogP contribution in [0.5, 0.6) is 0 Å². The molecule has 0 bridgehead atoms. The van der Waals surface area contributed by atoms with Gasteiger partial charge >= 0.3 is 0 Å². The molecule has 0 aliphatic carbocycles. The summed E-state index contributed by atoms with van der Waals surface area (Å²) >= 11 is 7.14. The summed E-state index contributed by atoms with van der Waals surface area (Å²) in [6.07, 6.45) is 0.754. The molecule has 0 unspecified atom stereocenters. The van der Waals surface area contributed by atoms with E-state index in [0.717, 1.165) is 24.5 Å². The minimum atomic E-state index is -0.449. The maximum Gasteiger partial charge on any atom is 0.152 e. The predicted octanol–water partition coefficient (Wildman–Crippen LogP) is 2.78. The average Bonchev–Trinajstić information content (AvgIpc) is 2.90. The molecule has 0 amide bonds. The van der Waals surface area contributed by atoms with E-state index < -0.39 is 5.82 Å². The summed E-state index contributed by atoms with van der Waals surface area (Å²) in [6, 6.07) is 4.87. The van der Waals surface area contributed by atoms with Crippen LogP contribution in [0.1, 0.15) is 5.01 Å². The molecule has 0 fully saturated rings. The third-order valence-electron chi connectivity index (χ3n) is 2.65. The zero-order chi connectivity index (χ0) is 14.4. The Hall–Kier alpha value is -1.08. The number of nitrogens with one attached hydrogen (secondary N) is 1. The molecule has 0 spiro atoms. The monoisotopic (exact) mass is 315 g/mol. The first-order chi connectivity index (χ1) is 9.72. The van der Waals surface area contributed by atoms with Gasteiger partial charge in [0.1, 0.15) is 5.01 Å². The summed E-state index contributed by atoms with van der Waals surface area (Å²) in [7, 11) is 1.66. The van der Waals surface area contributed by atoms with Crippen molar-refractivity contribution < 1.29 is 9.13 Å². The topological polar surface area (TPSA) is 47.0 Å². The standard InChI is InChI=1S/C13H15ClFN3OS/c1-19-8-7-16-6-5-11-17-18-13(20-11)9-3-2-4-10(14)12(9)15/h2-4,16H,5-8H2,1H3. The van der Waals surface area contributed by atoms with Gasteiger partial charge in [0.05, 0.1) is 11.6 Å². The highest BCUT2D eigenvalue weighted by Crippen LogP contribution is 2.29. The van der Waals surface area contributed by atoms with Crippen molar-refractivity contribution in [2.24, 2.45) is 0 Å². The Morgan fingerprint density at radius 1 is 1.35 bits per heavy atom. The van der Waals surface area contributed by atoms with Crippen LogP contribution in [-0.4, -0.2) is 37.0 Å². The van der Waals surface area contributed by atoms with Crippen LogP contribution in [0.3, 0.4) is 0 Å². The average molecular weight is 316 g/mol. The van der Waals surface area contributed by atoms with E-state index in [0.29, 0.717) is 17.2 Å². The van der Waals surface area contributed by atoms with Gasteiger partial charge in [-0.05, 0) is 12.1 Å². The van der Waals surface area contributed by atoms with Crippen molar-refractivity contribution in [2.75, 3.05) is 26.8 Å². The zero-order valence-electron chi connectivity index (χ0n) is 11.0. The molecule has 1 aromatic heterocycles. The maximum absolute atomic E-state index is 13.9. The Kier molecular flexibility index (Phi) is 5.85. The highest BCUT2D eigenvalue weighted by atomic mass is 35.5. The fourth-order valence-corrected chi connectivity index (χ4v) is 2.66. The van der Waals surface area contributed by atoms with E-state index in [9.17, 15) is 4.39 Å². The summed E-state index contributed by atoms with van der Waals surface area (Å²) in [6.45, 7) is 2.26. The van der Waals surface area contributed by atoms with E-state index in [2.05, 4.69) is 15.5 Å². The molecule has 20 heavy (non-hydrogen) atoms. The SMILES string of the molecule is COCCNCCc1nnc(-c2cccc(Cl)c2F)s1. The lowest BCUT2D eigenvalue weighted by Gasteiger charge is -2.01. The number of hydrogen-bond acceptors (Lipinski definition) is 5. The van der Waals surface area contributed by atoms with Crippen LogP contribution in [0, 0.1) is 5.82 Å². The summed E-state index contributed by atoms with van der Waals surface area (Å²) < 4.78 is 18.8. The van der Waals surface area contributed by atoms with E-state index in [-0.39, 0.29) is 5.02 Å². The fourth-order valence-electron chi connectivity index (χ4n) is 1.63. The third kappa shape index (κ3) is 3.96. The number of aromatic nitrogens is 2. The van der Waals surface area contributed by atoms with Gasteiger partial charge in [-0.3, -0.25) is 0 Å². The van der Waals surface area contributed by atoms with Crippen molar-refractivity contribution in [2.45, 2.75) is 6.42 Å². The first kappa shape index (κ1) is 15.3. The molecule has 0 atom stereocenters. The van der Waals surface area contributed by atoms with Crippen molar-refractivity contribution in [3.63, 3.8) is 0 Å². The van der Waals surface area contributed by atoms with E-state index in [1.54, 1.807) is 19.2 Å². The second-order valence-electron chi connectivity index (χ2n) is 4.10. The van der Waals surface area contributed by atoms with Gasteiger partial charge in [-0.15, -0.1) is 10.2 Å². The lowest BCUT2D eigenvalue weighted by atomic mass is 10.2. The summed E-state index contributed by atoms with van der Waals surface area (Å²) in [4.78, 5) is 0. The molecular formula is C13H15ClFN3OS. The smallest absolute Gasteiger partial charge is 0.152 e. The molecule has 0 saturated carbocycles. The van der Waals surface area contributed by atoms with Crippen molar-refractivity contribution in [1.29, 1.82) is 0 Å². The van der Waals surface area contributed by atoms with Gasteiger partial charge in [0, 0.05) is 32.2 Å². The fraction of sp³-hybridized carbons (Fsp3) is 0.385. The second kappa shape index (κ2) is 7.64. The maximum atomic E-state index is 13.9. The van der Waals surface area contributed by atoms with Crippen LogP contribution in [0.2, 0.25) is 5.02 Å². The second-order valence-corrected chi connectivity index (χ2v) is 5.56. The Labute approximate surface area is 125 Å². The van der Waals surface area contributed by atoms with Gasteiger partial charge in [0.2, 0.25) is 0 Å². The molecule has 108 valence electrons. The van der Waals surface area contributed by atoms with E-state index in [1.807, 2.05) is 0 Å². The predicted molar refractivity (Wildman–Crippen MR) is 78.8 cm³/mol. The molecule has 0 radical (unpaired) electrons. The number of nitrogens with zero attached hydrogens (tertiary/aromatic N) is 2. The molecule has 1 aromatic carbocycles. The van der Waals surface area contributed by atoms with Gasteiger partial charge in [-0.1, -0.05) is 29.0 Å². The first-order valence-corrected chi connectivity index (χ1v) is 7.38. The molecule has 7 heteroatoms. The molecule has 1 heterocycles. The van der Waals surface area contributed by atoms with Crippen molar-refractivity contribution in [1.82, 2.24) is 15.5 Å². The molecule has 0 aliphatic rings. The van der Waals surface area contributed by atoms with Crippen LogP contribution in [0.4, 0.5) is 4.39 Å². The zero-order valence-corrected chi connectivity index (χ0v) is 12.6. The molecule has 0 saturated heterocycles. The highest BCUT2D eigenvalue weighted by Gasteiger charge is 2.13. The van der Waals surface area contributed by atoms with Crippen molar-refractivity contribution in [3.05, 3.63) is 34.0 Å². The van der Waals surface area contributed by atoms with Crippen molar-refractivity contribution in [3.8, 4) is 10.6 Å². The largest absolute Gasteiger partial charge is 0.383 e. The Morgan fingerprint density at radius 2 is 2.20 bits per heavy atom. The quantitative estimate of drug-likeness (QED) is 0.798. The summed E-state index contributed by atoms with van der Waals surface area (Å²) in [5.74, 6) is -0.449. The lowest BCUT2D eigenvalue weighted by Crippen LogP contribution is -2.21. The molecular weight excluding hydrogens is 301 g/mol. The van der Waals surface area contributed by atoms with Crippen LogP contribution in [0.15, 0.2) is 18.2 Å². The number of methoxy groups -OCH3 is 1. The first-order valence-electron chi connectivity index (χ1n) is 6.19. The Bertz CT molecular complexity index is 564. The normalized spacial score (nSPS) is 10.9. The molecule has 2 aromatic rings. The summed E-state index contributed by atoms with van der Waals surface area (Å²) in [5, 5.41) is 12.8. The third-order valence-corrected chi connectivity index (χ3v) is 3.96. The molecule has 2 rings (SSSR count). The number of rotatable bonds is 7. The lowest BCUT2D eigenvalue weighted by molar-refractivity contribution is 0.199. The number of ether oxygens (including phenoxy) is 1. The van der Waals surface area contributed by atoms with Gasteiger partial charge in [0.25, 0.3) is 0 Å². The Balaban J connectivity index is 1.97. The van der Waals surface area contributed by atoms with Gasteiger partial charge < -0.3 is 10.1 Å². The van der Waals surface area contributed by atoms with Crippen LogP contribution in [0.25, 0.3) is 10.6 Å². The van der Waals surface area contributed by atoms with Crippen LogP contribution < -0.4 is 5.32 Å². The number of benzene rings is 1. The van der Waals surface area contributed by atoms with E-state index in [4.69, 9.17) is 16.3 Å². The minimum Gasteiger partial charge on any atom is -0.383 e. The van der Waals surface area contributed by atoms with Crippen LogP contribution in [-0.2, 0) is 11.2 Å². The minimum absolute atomic E-state index is 0.0977. The van der Waals surface area contributed by atoms with E-state index in [1.165, 1.54) is 17.4 Å². The number of hydrogen-bond donors (Lipinski definition) is 1. The van der Waals surface area contributed by atoms with Gasteiger partial charge in [0.15, 0.2) is 10.8 Å². The summed E-state index contributed by atoms with van der Waals surface area (Å²) in [5.41, 5.74) is 0.397. The molecule has 0 aliphatic heterocycles. The van der Waals surface area contributed by atoms with E-state index >= 15 is 0 Å². The highest BCUT2D eigenvalue weighted by molar-refractivity contribution is 7.14. The molecule has 4 nitrogen and oxygen atoms in total. The van der Waals surface area contributed by atoms with Gasteiger partial charge in [-0.2, -0.15) is 0 Å². The number of halogens is 2. The Morgan fingerprint density at radius 3 is 3.00 bits per heavy atom. The van der Waals surface area contributed by atoms with Crippen molar-refractivity contribution >= 4 is 22.9 Å². The molecule has 1 N–H and O–H groups in total. The van der Waals surface area contributed by atoms with Gasteiger partial charge in [-0.25, -0.2) is 4.39 Å². The van der Waals surface area contributed by atoms with Crippen LogP contribution >= 0.6 is 22.9 Å².